The Kier molecular flexibility index (Phi) is 4.57. The van der Waals surface area contributed by atoms with E-state index in [1.54, 1.807) is 11.7 Å². The molecule has 0 bridgehead atoms. The van der Waals surface area contributed by atoms with Gasteiger partial charge in [-0.25, -0.2) is 0 Å². The SMILES string of the molecule is C=C(CNC(=O)c1cncs1)N=C(C)c1cc2c(C)cccc2[nH]1. The molecule has 5 nitrogen and oxygen atoms in total. The zero-order chi connectivity index (χ0) is 17.1. The second-order valence-corrected chi connectivity index (χ2v) is 6.42. The second kappa shape index (κ2) is 6.80. The van der Waals surface area contributed by atoms with Crippen LogP contribution < -0.4 is 5.32 Å². The predicted molar refractivity (Wildman–Crippen MR) is 98.8 cm³/mol. The van der Waals surface area contributed by atoms with E-state index in [2.05, 4.69) is 45.9 Å². The fourth-order valence-corrected chi connectivity index (χ4v) is 2.97. The number of nitrogens with zero attached hydrogens (tertiary/aromatic N) is 2. The van der Waals surface area contributed by atoms with Gasteiger partial charge in [0.15, 0.2) is 0 Å². The van der Waals surface area contributed by atoms with Crippen LogP contribution >= 0.6 is 11.3 Å². The molecule has 0 aliphatic rings. The molecule has 2 heterocycles. The number of thiazole rings is 1. The fourth-order valence-electron chi connectivity index (χ4n) is 2.44. The number of carbonyl (C=O) groups is 1. The summed E-state index contributed by atoms with van der Waals surface area (Å²) < 4.78 is 0. The molecule has 0 aliphatic carbocycles. The van der Waals surface area contributed by atoms with Crippen molar-refractivity contribution in [3.63, 3.8) is 0 Å². The Morgan fingerprint density at radius 1 is 1.46 bits per heavy atom. The van der Waals surface area contributed by atoms with Crippen LogP contribution in [0.4, 0.5) is 0 Å². The van der Waals surface area contributed by atoms with Crippen molar-refractivity contribution in [2.45, 2.75) is 13.8 Å². The molecule has 2 N–H and O–H groups in total. The third-order valence-corrected chi connectivity index (χ3v) is 4.48. The summed E-state index contributed by atoms with van der Waals surface area (Å²) in [4.78, 5) is 24.2. The lowest BCUT2D eigenvalue weighted by molar-refractivity contribution is 0.0960. The molecule has 0 atom stereocenters. The summed E-state index contributed by atoms with van der Waals surface area (Å²) in [6, 6.07) is 8.24. The molecule has 0 saturated heterocycles. The minimum atomic E-state index is -0.160. The van der Waals surface area contributed by atoms with Crippen LogP contribution in [0.2, 0.25) is 0 Å². The fraction of sp³-hybridized carbons (Fsp3) is 0.167. The summed E-state index contributed by atoms with van der Waals surface area (Å²) in [5.74, 6) is -0.160. The molecule has 1 aromatic carbocycles. The highest BCUT2D eigenvalue weighted by Crippen LogP contribution is 2.19. The smallest absolute Gasteiger partial charge is 0.263 e. The van der Waals surface area contributed by atoms with Gasteiger partial charge in [-0.05, 0) is 31.5 Å². The van der Waals surface area contributed by atoms with Gasteiger partial charge < -0.3 is 10.3 Å². The monoisotopic (exact) mass is 338 g/mol. The van der Waals surface area contributed by atoms with Gasteiger partial charge in [-0.15, -0.1) is 11.3 Å². The van der Waals surface area contributed by atoms with Gasteiger partial charge in [0.1, 0.15) is 4.88 Å². The average molecular weight is 338 g/mol. The van der Waals surface area contributed by atoms with Crippen molar-refractivity contribution in [3.8, 4) is 0 Å². The molecule has 6 heteroatoms. The zero-order valence-electron chi connectivity index (χ0n) is 13.6. The maximum Gasteiger partial charge on any atom is 0.263 e. The highest BCUT2D eigenvalue weighted by molar-refractivity contribution is 7.11. The van der Waals surface area contributed by atoms with Crippen LogP contribution in [0.3, 0.4) is 0 Å². The highest BCUT2D eigenvalue weighted by atomic mass is 32.1. The van der Waals surface area contributed by atoms with Crippen molar-refractivity contribution in [2.75, 3.05) is 6.54 Å². The summed E-state index contributed by atoms with van der Waals surface area (Å²) in [7, 11) is 0. The molecule has 0 fully saturated rings. The minimum Gasteiger partial charge on any atom is -0.354 e. The topological polar surface area (TPSA) is 70.1 Å². The number of aromatic nitrogens is 2. The van der Waals surface area contributed by atoms with Crippen molar-refractivity contribution in [1.82, 2.24) is 15.3 Å². The van der Waals surface area contributed by atoms with Crippen molar-refractivity contribution in [1.29, 1.82) is 0 Å². The standard InChI is InChI=1S/C18H18N4OS/c1-11-5-4-6-15-14(11)7-16(22-15)13(3)21-12(2)8-20-18(23)17-9-19-10-24-17/h4-7,9-10,22H,2,8H2,1,3H3,(H,20,23). The van der Waals surface area contributed by atoms with Gasteiger partial charge in [-0.2, -0.15) is 0 Å². The first kappa shape index (κ1) is 16.1. The summed E-state index contributed by atoms with van der Waals surface area (Å²) in [5.41, 5.74) is 6.32. The highest BCUT2D eigenvalue weighted by Gasteiger charge is 2.08. The number of aryl methyl sites for hydroxylation is 1. The van der Waals surface area contributed by atoms with Crippen LogP contribution in [-0.2, 0) is 0 Å². The lowest BCUT2D eigenvalue weighted by Gasteiger charge is -2.04. The summed E-state index contributed by atoms with van der Waals surface area (Å²) in [6.45, 7) is 8.23. The Labute approximate surface area is 144 Å². The molecule has 122 valence electrons. The molecule has 0 unspecified atom stereocenters. The van der Waals surface area contributed by atoms with Crippen molar-refractivity contribution >= 4 is 33.9 Å². The number of amides is 1. The zero-order valence-corrected chi connectivity index (χ0v) is 14.4. The van der Waals surface area contributed by atoms with Gasteiger partial charge in [0.05, 0.1) is 35.4 Å². The van der Waals surface area contributed by atoms with E-state index in [0.29, 0.717) is 17.1 Å². The molecule has 3 aromatic rings. The van der Waals surface area contributed by atoms with E-state index in [1.165, 1.54) is 22.3 Å². The van der Waals surface area contributed by atoms with Gasteiger partial charge in [-0.3, -0.25) is 14.8 Å². The minimum absolute atomic E-state index is 0.160. The quantitative estimate of drug-likeness (QED) is 0.697. The number of fused-ring (bicyclic) bond motifs is 1. The molecule has 1 amide bonds. The number of rotatable bonds is 5. The van der Waals surface area contributed by atoms with Crippen LogP contribution in [0.25, 0.3) is 10.9 Å². The third-order valence-electron chi connectivity index (χ3n) is 3.71. The van der Waals surface area contributed by atoms with Crippen LogP contribution in [0.5, 0.6) is 0 Å². The third kappa shape index (κ3) is 3.44. The maximum absolute atomic E-state index is 11.9. The van der Waals surface area contributed by atoms with Crippen molar-refractivity contribution < 1.29 is 4.79 Å². The van der Waals surface area contributed by atoms with E-state index >= 15 is 0 Å². The molecule has 0 saturated carbocycles. The van der Waals surface area contributed by atoms with Gasteiger partial charge in [0, 0.05) is 10.9 Å². The molecule has 3 rings (SSSR count). The molecule has 0 radical (unpaired) electrons. The maximum atomic E-state index is 11.9. The van der Waals surface area contributed by atoms with Crippen LogP contribution in [0.1, 0.15) is 27.9 Å². The van der Waals surface area contributed by atoms with Gasteiger partial charge >= 0.3 is 0 Å². The number of aliphatic imine (C=N–C) groups is 1. The van der Waals surface area contributed by atoms with E-state index in [9.17, 15) is 4.79 Å². The van der Waals surface area contributed by atoms with E-state index < -0.39 is 0 Å². The lowest BCUT2D eigenvalue weighted by atomic mass is 10.1. The van der Waals surface area contributed by atoms with Gasteiger partial charge in [-0.1, -0.05) is 18.7 Å². The van der Waals surface area contributed by atoms with Crippen molar-refractivity contribution in [2.24, 2.45) is 4.99 Å². The van der Waals surface area contributed by atoms with Gasteiger partial charge in [0.2, 0.25) is 0 Å². The van der Waals surface area contributed by atoms with Crippen molar-refractivity contribution in [3.05, 3.63) is 64.4 Å². The second-order valence-electron chi connectivity index (χ2n) is 5.53. The number of benzene rings is 1. The Hall–Kier alpha value is -2.73. The number of hydrogen-bond donors (Lipinski definition) is 2. The summed E-state index contributed by atoms with van der Waals surface area (Å²) >= 11 is 1.30. The normalized spacial score (nSPS) is 11.7. The first-order valence-electron chi connectivity index (χ1n) is 7.53. The summed E-state index contributed by atoms with van der Waals surface area (Å²) in [5, 5.41) is 3.98. The predicted octanol–water partition coefficient (Wildman–Crippen LogP) is 3.69. The van der Waals surface area contributed by atoms with Crippen LogP contribution in [0, 0.1) is 6.92 Å². The van der Waals surface area contributed by atoms with E-state index in [-0.39, 0.29) is 5.91 Å². The van der Waals surface area contributed by atoms with Gasteiger partial charge in [0.25, 0.3) is 5.91 Å². The average Bonchev–Trinajstić information content (AvgIpc) is 3.22. The van der Waals surface area contributed by atoms with Crippen LogP contribution in [0.15, 0.2) is 53.2 Å². The summed E-state index contributed by atoms with van der Waals surface area (Å²) in [6.07, 6.45) is 1.55. The first-order valence-corrected chi connectivity index (χ1v) is 8.41. The lowest BCUT2D eigenvalue weighted by Crippen LogP contribution is -2.24. The molecule has 0 aliphatic heterocycles. The number of nitrogens with one attached hydrogen (secondary N) is 2. The van der Waals surface area contributed by atoms with E-state index in [1.807, 2.05) is 19.1 Å². The largest absolute Gasteiger partial charge is 0.354 e. The Balaban J connectivity index is 1.69. The Morgan fingerprint density at radius 2 is 2.29 bits per heavy atom. The molecular weight excluding hydrogens is 320 g/mol. The van der Waals surface area contributed by atoms with Crippen LogP contribution in [-0.4, -0.2) is 28.1 Å². The molecule has 24 heavy (non-hydrogen) atoms. The Morgan fingerprint density at radius 3 is 3.00 bits per heavy atom. The number of aromatic amines is 1. The Bertz CT molecular complexity index is 922. The number of carbonyl (C=O) groups excluding carboxylic acids is 1. The van der Waals surface area contributed by atoms with E-state index in [0.717, 1.165) is 16.9 Å². The molecular formula is C18H18N4OS. The first-order chi connectivity index (χ1) is 11.5. The number of H-pyrrole nitrogens is 1. The number of hydrogen-bond acceptors (Lipinski definition) is 4. The van der Waals surface area contributed by atoms with E-state index in [4.69, 9.17) is 0 Å². The molecule has 2 aromatic heterocycles. The molecule has 0 spiro atoms.